The Morgan fingerprint density at radius 2 is 1.67 bits per heavy atom. The van der Waals surface area contributed by atoms with Gasteiger partial charge in [0.1, 0.15) is 5.75 Å². The summed E-state index contributed by atoms with van der Waals surface area (Å²) in [5.74, 6) is 1.88. The Morgan fingerprint density at radius 3 is 2.29 bits per heavy atom. The van der Waals surface area contributed by atoms with Gasteiger partial charge in [0.05, 0.1) is 12.0 Å². The predicted octanol–water partition coefficient (Wildman–Crippen LogP) is 5.11. The number of anilines is 1. The number of amides is 1. The minimum absolute atomic E-state index is 0.105. The molecule has 0 aliphatic rings. The first-order valence-corrected chi connectivity index (χ1v) is 8.26. The fraction of sp³-hybridized carbons (Fsp3) is 0.105. The Labute approximate surface area is 144 Å². The SMILES string of the molecule is COc1ccccc1Oc1ccc(NC(=O)c2ccc(C)s2)cc1. The molecule has 4 nitrogen and oxygen atoms in total. The van der Waals surface area contributed by atoms with E-state index in [0.717, 1.165) is 10.6 Å². The van der Waals surface area contributed by atoms with Crippen LogP contribution in [0.15, 0.2) is 60.7 Å². The van der Waals surface area contributed by atoms with Crippen molar-refractivity contribution in [3.8, 4) is 17.2 Å². The molecule has 0 spiro atoms. The van der Waals surface area contributed by atoms with E-state index in [4.69, 9.17) is 9.47 Å². The number of benzene rings is 2. The van der Waals surface area contributed by atoms with Crippen LogP contribution in [0.2, 0.25) is 0 Å². The molecule has 122 valence electrons. The highest BCUT2D eigenvalue weighted by Crippen LogP contribution is 2.31. The predicted molar refractivity (Wildman–Crippen MR) is 96.5 cm³/mol. The fourth-order valence-electron chi connectivity index (χ4n) is 2.19. The molecular weight excluding hydrogens is 322 g/mol. The van der Waals surface area contributed by atoms with Crippen LogP contribution in [0.25, 0.3) is 0 Å². The van der Waals surface area contributed by atoms with Crippen LogP contribution in [0.1, 0.15) is 14.5 Å². The fourth-order valence-corrected chi connectivity index (χ4v) is 2.95. The average Bonchev–Trinajstić information content (AvgIpc) is 3.04. The van der Waals surface area contributed by atoms with E-state index in [-0.39, 0.29) is 5.91 Å². The van der Waals surface area contributed by atoms with Crippen molar-refractivity contribution < 1.29 is 14.3 Å². The molecule has 1 aromatic heterocycles. The molecule has 0 saturated heterocycles. The molecule has 1 heterocycles. The van der Waals surface area contributed by atoms with E-state index in [1.54, 1.807) is 7.11 Å². The topological polar surface area (TPSA) is 47.6 Å². The standard InChI is InChI=1S/C19H17NO3S/c1-13-7-12-18(24-13)19(21)20-14-8-10-15(11-9-14)23-17-6-4-3-5-16(17)22-2/h3-12H,1-2H3,(H,20,21). The van der Waals surface area contributed by atoms with Gasteiger partial charge in [-0.1, -0.05) is 12.1 Å². The van der Waals surface area contributed by atoms with E-state index in [9.17, 15) is 4.79 Å². The molecule has 0 aliphatic carbocycles. The lowest BCUT2D eigenvalue weighted by Gasteiger charge is -2.10. The van der Waals surface area contributed by atoms with E-state index in [1.807, 2.05) is 67.6 Å². The van der Waals surface area contributed by atoms with E-state index in [1.165, 1.54) is 11.3 Å². The van der Waals surface area contributed by atoms with Gasteiger partial charge in [-0.05, 0) is 55.5 Å². The number of rotatable bonds is 5. The van der Waals surface area contributed by atoms with Gasteiger partial charge in [-0.2, -0.15) is 0 Å². The highest BCUT2D eigenvalue weighted by atomic mass is 32.1. The van der Waals surface area contributed by atoms with Crippen molar-refractivity contribution >= 4 is 22.9 Å². The summed E-state index contributed by atoms with van der Waals surface area (Å²) in [6, 6.07) is 18.4. The summed E-state index contributed by atoms with van der Waals surface area (Å²) in [5.41, 5.74) is 0.721. The number of methoxy groups -OCH3 is 1. The van der Waals surface area contributed by atoms with Gasteiger partial charge in [0.15, 0.2) is 11.5 Å². The monoisotopic (exact) mass is 339 g/mol. The normalized spacial score (nSPS) is 10.2. The van der Waals surface area contributed by atoms with Crippen molar-refractivity contribution in [1.82, 2.24) is 0 Å². The largest absolute Gasteiger partial charge is 0.493 e. The molecule has 1 N–H and O–H groups in total. The number of carbonyl (C=O) groups excluding carboxylic acids is 1. The van der Waals surface area contributed by atoms with Crippen molar-refractivity contribution in [2.75, 3.05) is 12.4 Å². The minimum Gasteiger partial charge on any atom is -0.493 e. The number of ether oxygens (including phenoxy) is 2. The second-order valence-corrected chi connectivity index (χ2v) is 6.43. The van der Waals surface area contributed by atoms with Gasteiger partial charge in [-0.15, -0.1) is 11.3 Å². The van der Waals surface area contributed by atoms with Crippen LogP contribution >= 0.6 is 11.3 Å². The number of hydrogen-bond donors (Lipinski definition) is 1. The molecule has 0 atom stereocenters. The molecule has 3 aromatic rings. The maximum atomic E-state index is 12.1. The van der Waals surface area contributed by atoms with Crippen LogP contribution in [-0.4, -0.2) is 13.0 Å². The smallest absolute Gasteiger partial charge is 0.265 e. The Morgan fingerprint density at radius 1 is 0.958 bits per heavy atom. The van der Waals surface area contributed by atoms with Crippen LogP contribution < -0.4 is 14.8 Å². The molecule has 0 fully saturated rings. The van der Waals surface area contributed by atoms with Crippen LogP contribution in [-0.2, 0) is 0 Å². The zero-order valence-corrected chi connectivity index (χ0v) is 14.2. The van der Waals surface area contributed by atoms with Crippen molar-refractivity contribution in [3.63, 3.8) is 0 Å². The minimum atomic E-state index is -0.105. The lowest BCUT2D eigenvalue weighted by atomic mass is 10.3. The molecule has 3 rings (SSSR count). The van der Waals surface area contributed by atoms with Crippen LogP contribution in [0.5, 0.6) is 17.2 Å². The highest BCUT2D eigenvalue weighted by Gasteiger charge is 2.09. The van der Waals surface area contributed by atoms with Gasteiger partial charge < -0.3 is 14.8 Å². The van der Waals surface area contributed by atoms with Gasteiger partial charge in [-0.25, -0.2) is 0 Å². The lowest BCUT2D eigenvalue weighted by Crippen LogP contribution is -2.09. The zero-order valence-electron chi connectivity index (χ0n) is 13.4. The van der Waals surface area contributed by atoms with Crippen LogP contribution in [0.3, 0.4) is 0 Å². The summed E-state index contributed by atoms with van der Waals surface area (Å²) in [7, 11) is 1.60. The number of carbonyl (C=O) groups is 1. The number of hydrogen-bond acceptors (Lipinski definition) is 4. The molecule has 24 heavy (non-hydrogen) atoms. The second kappa shape index (κ2) is 7.19. The molecule has 2 aromatic carbocycles. The quantitative estimate of drug-likeness (QED) is 0.702. The van der Waals surface area contributed by atoms with Crippen molar-refractivity contribution in [1.29, 1.82) is 0 Å². The second-order valence-electron chi connectivity index (χ2n) is 5.14. The van der Waals surface area contributed by atoms with Crippen molar-refractivity contribution in [3.05, 3.63) is 70.4 Å². The third-order valence-electron chi connectivity index (χ3n) is 3.37. The third kappa shape index (κ3) is 3.75. The van der Waals surface area contributed by atoms with E-state index >= 15 is 0 Å². The maximum Gasteiger partial charge on any atom is 0.265 e. The van der Waals surface area contributed by atoms with E-state index < -0.39 is 0 Å². The van der Waals surface area contributed by atoms with Gasteiger partial charge in [0.2, 0.25) is 0 Å². The Kier molecular flexibility index (Phi) is 4.82. The Bertz CT molecular complexity index is 840. The lowest BCUT2D eigenvalue weighted by molar-refractivity contribution is 0.103. The third-order valence-corrected chi connectivity index (χ3v) is 4.37. The number of nitrogens with one attached hydrogen (secondary N) is 1. The molecular formula is C19H17NO3S. The van der Waals surface area contributed by atoms with E-state index in [0.29, 0.717) is 22.1 Å². The van der Waals surface area contributed by atoms with Crippen molar-refractivity contribution in [2.24, 2.45) is 0 Å². The first kappa shape index (κ1) is 16.1. The summed E-state index contributed by atoms with van der Waals surface area (Å²) >= 11 is 1.47. The molecule has 5 heteroatoms. The Balaban J connectivity index is 1.68. The number of thiophene rings is 1. The van der Waals surface area contributed by atoms with Gasteiger partial charge in [-0.3, -0.25) is 4.79 Å². The summed E-state index contributed by atoms with van der Waals surface area (Å²) in [6.45, 7) is 1.98. The van der Waals surface area contributed by atoms with E-state index in [2.05, 4.69) is 5.32 Å². The number of para-hydroxylation sites is 2. The first-order valence-electron chi connectivity index (χ1n) is 7.44. The van der Waals surface area contributed by atoms with Gasteiger partial charge in [0.25, 0.3) is 5.91 Å². The molecule has 0 radical (unpaired) electrons. The Hall–Kier alpha value is -2.79. The molecule has 0 unspecified atom stereocenters. The molecule has 1 amide bonds. The zero-order chi connectivity index (χ0) is 16.9. The van der Waals surface area contributed by atoms with Crippen LogP contribution in [0.4, 0.5) is 5.69 Å². The van der Waals surface area contributed by atoms with Gasteiger partial charge >= 0.3 is 0 Å². The molecule has 0 aliphatic heterocycles. The summed E-state index contributed by atoms with van der Waals surface area (Å²) < 4.78 is 11.1. The number of aryl methyl sites for hydroxylation is 1. The summed E-state index contributed by atoms with van der Waals surface area (Å²) in [5, 5.41) is 2.88. The van der Waals surface area contributed by atoms with Gasteiger partial charge in [0, 0.05) is 10.6 Å². The average molecular weight is 339 g/mol. The molecule has 0 saturated carbocycles. The van der Waals surface area contributed by atoms with Crippen LogP contribution in [0, 0.1) is 6.92 Å². The highest BCUT2D eigenvalue weighted by molar-refractivity contribution is 7.14. The first-order chi connectivity index (χ1) is 11.7. The van der Waals surface area contributed by atoms with Crippen molar-refractivity contribution in [2.45, 2.75) is 6.92 Å². The summed E-state index contributed by atoms with van der Waals surface area (Å²) in [4.78, 5) is 13.9. The maximum absolute atomic E-state index is 12.1. The molecule has 0 bridgehead atoms. The summed E-state index contributed by atoms with van der Waals surface area (Å²) in [6.07, 6.45) is 0.